The number of thioether (sulfide) groups is 1. The van der Waals surface area contributed by atoms with Crippen LogP contribution in [0.15, 0.2) is 85.6 Å². The first-order chi connectivity index (χ1) is 18.3. The molecule has 2 aliphatic heterocycles. The van der Waals surface area contributed by atoms with Crippen LogP contribution in [0.5, 0.6) is 0 Å². The number of aromatic nitrogens is 1. The topological polar surface area (TPSA) is 102 Å². The predicted octanol–water partition coefficient (Wildman–Crippen LogP) is 5.01. The lowest BCUT2D eigenvalue weighted by Gasteiger charge is -2.29. The summed E-state index contributed by atoms with van der Waals surface area (Å²) in [5.41, 5.74) is 2.17. The first-order valence-corrected chi connectivity index (χ1v) is 14.2. The zero-order valence-electron chi connectivity index (χ0n) is 19.9. The Kier molecular flexibility index (Phi) is 6.37. The standard InChI is InChI=1S/C27H20BrN3O5S2/c1-14-4-8-16(9-5-14)29-19(32)13-30-26-23(38-27(30)35)20(18-3-2-12-36-18)21-22(37-26)25(34)31(24(21)33)17-10-6-15(28)7-11-17/h2-12,20-22H,13H2,1H3,(H,29,32)/t20-,21?,22?/m1/s1. The van der Waals surface area contributed by atoms with E-state index in [1.54, 1.807) is 48.5 Å². The first kappa shape index (κ1) is 24.9. The van der Waals surface area contributed by atoms with Crippen molar-refractivity contribution in [1.29, 1.82) is 0 Å². The summed E-state index contributed by atoms with van der Waals surface area (Å²) in [4.78, 5) is 54.9. The molecule has 4 aromatic rings. The molecule has 1 N–H and O–H groups in total. The van der Waals surface area contributed by atoms with E-state index in [1.807, 2.05) is 19.1 Å². The van der Waals surface area contributed by atoms with Crippen molar-refractivity contribution in [3.05, 3.63) is 97.3 Å². The van der Waals surface area contributed by atoms with E-state index in [0.717, 1.165) is 21.4 Å². The van der Waals surface area contributed by atoms with Crippen LogP contribution in [-0.2, 0) is 20.9 Å². The minimum Gasteiger partial charge on any atom is -0.469 e. The van der Waals surface area contributed by atoms with E-state index < -0.39 is 17.1 Å². The molecule has 0 radical (unpaired) electrons. The zero-order chi connectivity index (χ0) is 26.6. The molecule has 0 spiro atoms. The van der Waals surface area contributed by atoms with Gasteiger partial charge in [0, 0.05) is 10.2 Å². The molecule has 0 saturated carbocycles. The molecule has 6 rings (SSSR count). The number of anilines is 2. The van der Waals surface area contributed by atoms with Gasteiger partial charge in [-0.1, -0.05) is 56.7 Å². The third-order valence-corrected chi connectivity index (χ3v) is 9.75. The van der Waals surface area contributed by atoms with Gasteiger partial charge >= 0.3 is 4.87 Å². The molecule has 0 aliphatic carbocycles. The molecule has 4 heterocycles. The van der Waals surface area contributed by atoms with Crippen molar-refractivity contribution in [3.63, 3.8) is 0 Å². The van der Waals surface area contributed by atoms with Crippen molar-refractivity contribution in [2.75, 3.05) is 10.2 Å². The van der Waals surface area contributed by atoms with E-state index in [9.17, 15) is 19.2 Å². The number of furan rings is 1. The van der Waals surface area contributed by atoms with Gasteiger partial charge in [-0.15, -0.1) is 0 Å². The highest BCUT2D eigenvalue weighted by Crippen LogP contribution is 2.53. The summed E-state index contributed by atoms with van der Waals surface area (Å²) >= 11 is 5.54. The molecule has 3 amide bonds. The van der Waals surface area contributed by atoms with Crippen LogP contribution in [-0.4, -0.2) is 27.5 Å². The van der Waals surface area contributed by atoms with Crippen molar-refractivity contribution in [2.45, 2.75) is 29.7 Å². The number of thiazole rings is 1. The summed E-state index contributed by atoms with van der Waals surface area (Å²) in [6.07, 6.45) is 1.51. The van der Waals surface area contributed by atoms with E-state index in [2.05, 4.69) is 21.2 Å². The molecule has 192 valence electrons. The minimum atomic E-state index is -0.769. The van der Waals surface area contributed by atoms with Crippen LogP contribution in [0.1, 0.15) is 22.1 Å². The van der Waals surface area contributed by atoms with Crippen LogP contribution >= 0.6 is 39.0 Å². The van der Waals surface area contributed by atoms with Crippen molar-refractivity contribution >= 4 is 68.1 Å². The van der Waals surface area contributed by atoms with Crippen molar-refractivity contribution < 1.29 is 18.8 Å². The monoisotopic (exact) mass is 609 g/mol. The number of hydrogen-bond acceptors (Lipinski definition) is 7. The number of amides is 3. The summed E-state index contributed by atoms with van der Waals surface area (Å²) in [5, 5.41) is 2.57. The molecule has 38 heavy (non-hydrogen) atoms. The molecule has 8 nitrogen and oxygen atoms in total. The second-order valence-corrected chi connectivity index (χ2v) is 12.1. The van der Waals surface area contributed by atoms with Gasteiger partial charge in [0.05, 0.1) is 33.7 Å². The fourth-order valence-electron chi connectivity index (χ4n) is 4.86. The smallest absolute Gasteiger partial charge is 0.308 e. The van der Waals surface area contributed by atoms with Crippen LogP contribution in [0.2, 0.25) is 0 Å². The van der Waals surface area contributed by atoms with Gasteiger partial charge in [-0.05, 0) is 55.5 Å². The van der Waals surface area contributed by atoms with Crippen LogP contribution < -0.4 is 15.1 Å². The number of carbonyl (C=O) groups excluding carboxylic acids is 3. The lowest BCUT2D eigenvalue weighted by atomic mass is 9.87. The zero-order valence-corrected chi connectivity index (χ0v) is 23.1. The number of nitrogens with one attached hydrogen (secondary N) is 1. The number of benzene rings is 2. The lowest BCUT2D eigenvalue weighted by molar-refractivity contribution is -0.122. The number of halogens is 1. The summed E-state index contributed by atoms with van der Waals surface area (Å²) in [6, 6.07) is 17.8. The van der Waals surface area contributed by atoms with E-state index in [0.29, 0.717) is 27.0 Å². The summed E-state index contributed by atoms with van der Waals surface area (Å²) < 4.78 is 7.93. The fourth-order valence-corrected chi connectivity index (χ4v) is 7.87. The molecule has 2 aromatic carbocycles. The molecule has 11 heteroatoms. The Morgan fingerprint density at radius 3 is 2.45 bits per heavy atom. The van der Waals surface area contributed by atoms with Gasteiger partial charge in [0.2, 0.25) is 17.7 Å². The highest BCUT2D eigenvalue weighted by Gasteiger charge is 2.57. The van der Waals surface area contributed by atoms with Gasteiger partial charge in [-0.25, -0.2) is 4.90 Å². The third-order valence-electron chi connectivity index (χ3n) is 6.62. The number of hydrogen-bond donors (Lipinski definition) is 1. The van der Waals surface area contributed by atoms with E-state index in [-0.39, 0.29) is 29.1 Å². The second-order valence-electron chi connectivity index (χ2n) is 9.08. The molecule has 2 unspecified atom stereocenters. The number of carbonyl (C=O) groups is 3. The first-order valence-electron chi connectivity index (χ1n) is 11.8. The summed E-state index contributed by atoms with van der Waals surface area (Å²) in [6.45, 7) is 1.74. The average Bonchev–Trinajstić information content (AvgIpc) is 3.59. The van der Waals surface area contributed by atoms with Crippen LogP contribution in [0.4, 0.5) is 11.4 Å². The Balaban J connectivity index is 1.38. The van der Waals surface area contributed by atoms with Gasteiger partial charge in [0.1, 0.15) is 17.6 Å². The van der Waals surface area contributed by atoms with E-state index in [4.69, 9.17) is 4.42 Å². The molecular formula is C27H20BrN3O5S2. The van der Waals surface area contributed by atoms with Gasteiger partial charge in [0.25, 0.3) is 0 Å². The van der Waals surface area contributed by atoms with Crippen molar-refractivity contribution in [3.8, 4) is 0 Å². The quantitative estimate of drug-likeness (QED) is 0.319. The van der Waals surface area contributed by atoms with Gasteiger partial charge in [0.15, 0.2) is 0 Å². The SMILES string of the molecule is Cc1ccc(NC(=O)Cn2c3c(sc2=O)[C@H](c2ccco2)C2C(=O)N(c4ccc(Br)cc4)C(=O)C2S3)cc1. The van der Waals surface area contributed by atoms with Crippen LogP contribution in [0.25, 0.3) is 0 Å². The normalized spacial score (nSPS) is 20.4. The summed E-state index contributed by atoms with van der Waals surface area (Å²) in [7, 11) is 0. The van der Waals surface area contributed by atoms with E-state index >= 15 is 0 Å². The Morgan fingerprint density at radius 1 is 1.03 bits per heavy atom. The minimum absolute atomic E-state index is 0.216. The molecule has 2 aliphatic rings. The Hall–Kier alpha value is -3.41. The van der Waals surface area contributed by atoms with E-state index in [1.165, 1.54) is 27.5 Å². The Bertz CT molecular complexity index is 1610. The maximum absolute atomic E-state index is 13.7. The second kappa shape index (κ2) is 9.72. The number of rotatable bonds is 5. The highest BCUT2D eigenvalue weighted by atomic mass is 79.9. The lowest BCUT2D eigenvalue weighted by Crippen LogP contribution is -2.32. The third kappa shape index (κ3) is 4.24. The predicted molar refractivity (Wildman–Crippen MR) is 149 cm³/mol. The molecular weight excluding hydrogens is 590 g/mol. The van der Waals surface area contributed by atoms with Crippen LogP contribution in [0.3, 0.4) is 0 Å². The Morgan fingerprint density at radius 2 is 1.76 bits per heavy atom. The summed E-state index contributed by atoms with van der Waals surface area (Å²) in [5.74, 6) is -1.93. The number of aryl methyl sites for hydroxylation is 1. The van der Waals surface area contributed by atoms with Crippen molar-refractivity contribution in [2.24, 2.45) is 5.92 Å². The van der Waals surface area contributed by atoms with Crippen molar-refractivity contribution in [1.82, 2.24) is 4.57 Å². The fraction of sp³-hybridized carbons (Fsp3) is 0.185. The molecule has 1 fully saturated rings. The molecule has 1 saturated heterocycles. The molecule has 3 atom stereocenters. The largest absolute Gasteiger partial charge is 0.469 e. The molecule has 2 aromatic heterocycles. The van der Waals surface area contributed by atoms with Gasteiger partial charge in [-0.2, -0.15) is 0 Å². The molecule has 0 bridgehead atoms. The maximum atomic E-state index is 13.7. The van der Waals surface area contributed by atoms with Gasteiger partial charge in [-0.3, -0.25) is 23.7 Å². The maximum Gasteiger partial charge on any atom is 0.308 e. The number of nitrogens with zero attached hydrogens (tertiary/aromatic N) is 2. The highest BCUT2D eigenvalue weighted by molar-refractivity contribution is 9.10. The Labute approximate surface area is 233 Å². The average molecular weight is 611 g/mol. The number of fused-ring (bicyclic) bond motifs is 2. The number of imide groups is 1. The van der Waals surface area contributed by atoms with Gasteiger partial charge < -0.3 is 9.73 Å². The van der Waals surface area contributed by atoms with Crippen LogP contribution in [0, 0.1) is 12.8 Å².